The van der Waals surface area contributed by atoms with Crippen molar-refractivity contribution in [3.8, 4) is 33.9 Å². The van der Waals surface area contributed by atoms with Crippen LogP contribution in [0.5, 0.6) is 0 Å². The Labute approximate surface area is 295 Å². The lowest BCUT2D eigenvalue weighted by Gasteiger charge is -2.16. The molecule has 0 aliphatic heterocycles. The van der Waals surface area contributed by atoms with Crippen LogP contribution >= 0.6 is 0 Å². The Kier molecular flexibility index (Phi) is 6.91. The van der Waals surface area contributed by atoms with Crippen molar-refractivity contribution in [3.63, 3.8) is 0 Å². The Hall–Kier alpha value is -6.65. The molecule has 9 aromatic rings. The third-order valence-electron chi connectivity index (χ3n) is 10.0. The van der Waals surface area contributed by atoms with Crippen LogP contribution in [0.3, 0.4) is 0 Å². The monoisotopic (exact) mass is 653 g/mol. The van der Waals surface area contributed by atoms with Gasteiger partial charge in [0.1, 0.15) is 11.2 Å². The predicted octanol–water partition coefficient (Wildman–Crippen LogP) is 12.3. The highest BCUT2D eigenvalue weighted by Gasteiger charge is 2.20. The summed E-state index contributed by atoms with van der Waals surface area (Å²) in [4.78, 5) is 15.6. The minimum atomic E-state index is 0.651. The van der Waals surface area contributed by atoms with Crippen LogP contribution in [0.1, 0.15) is 24.2 Å². The van der Waals surface area contributed by atoms with E-state index in [-0.39, 0.29) is 0 Å². The second kappa shape index (κ2) is 12.0. The molecule has 0 atom stereocenters. The number of nitrogens with zero attached hydrogens (tertiary/aromatic N) is 3. The first kappa shape index (κ1) is 29.3. The molecule has 0 spiro atoms. The fourth-order valence-electron chi connectivity index (χ4n) is 7.48. The molecule has 10 rings (SSSR count). The van der Waals surface area contributed by atoms with Crippen LogP contribution in [0.25, 0.3) is 88.5 Å². The number of para-hydroxylation sites is 1. The van der Waals surface area contributed by atoms with Gasteiger partial charge in [-0.3, -0.25) is 0 Å². The molecule has 0 saturated carbocycles. The van der Waals surface area contributed by atoms with Crippen LogP contribution in [-0.4, -0.2) is 15.0 Å². The maximum atomic E-state index is 6.31. The van der Waals surface area contributed by atoms with Gasteiger partial charge in [0, 0.05) is 21.9 Å². The summed E-state index contributed by atoms with van der Waals surface area (Å²) in [5.74, 6) is 2.03. The summed E-state index contributed by atoms with van der Waals surface area (Å²) >= 11 is 0. The SMILES string of the molecule is C1=C(c2ccccc2)CCC(c2nc(-c3ccc4ccccc4c3)nc(-c3cc(-c4cccc5oc6ccccc6c45)c4ccccc4c3)n2)=C1. The van der Waals surface area contributed by atoms with Crippen molar-refractivity contribution in [2.75, 3.05) is 0 Å². The van der Waals surface area contributed by atoms with Gasteiger partial charge in [0.2, 0.25) is 0 Å². The van der Waals surface area contributed by atoms with Crippen LogP contribution in [-0.2, 0) is 0 Å². The standard InChI is InChI=1S/C47H31N3O/c1-2-11-30(12-3-1)32-21-24-33(25-22-32)45-48-46(36-26-23-31-13-4-5-14-34(31)27-36)50-47(49-45)37-28-35-15-6-7-16-38(35)41(29-37)39-18-10-20-43-44(39)40-17-8-9-19-42(40)51-43/h1-21,23-24,26-29H,22,25H2. The van der Waals surface area contributed by atoms with E-state index in [2.05, 4.69) is 152 Å². The van der Waals surface area contributed by atoms with Crippen LogP contribution < -0.4 is 0 Å². The average Bonchev–Trinajstić information content (AvgIpc) is 3.60. The third kappa shape index (κ3) is 5.20. The molecule has 0 bridgehead atoms. The maximum absolute atomic E-state index is 6.31. The van der Waals surface area contributed by atoms with E-state index in [9.17, 15) is 0 Å². The molecule has 240 valence electrons. The molecule has 0 unspecified atom stereocenters. The number of rotatable bonds is 5. The Morgan fingerprint density at radius 1 is 0.392 bits per heavy atom. The Balaban J connectivity index is 1.19. The van der Waals surface area contributed by atoms with Crippen molar-refractivity contribution in [2.24, 2.45) is 0 Å². The molecule has 4 nitrogen and oxygen atoms in total. The first-order valence-electron chi connectivity index (χ1n) is 17.4. The molecular formula is C47H31N3O. The van der Waals surface area contributed by atoms with Crippen molar-refractivity contribution < 1.29 is 4.42 Å². The van der Waals surface area contributed by atoms with Crippen molar-refractivity contribution in [2.45, 2.75) is 12.8 Å². The molecule has 0 radical (unpaired) electrons. The number of hydrogen-bond acceptors (Lipinski definition) is 4. The van der Waals surface area contributed by atoms with Gasteiger partial charge < -0.3 is 4.42 Å². The van der Waals surface area contributed by atoms with Gasteiger partial charge in [-0.05, 0) is 92.6 Å². The molecule has 0 N–H and O–H groups in total. The second-order valence-corrected chi connectivity index (χ2v) is 13.1. The van der Waals surface area contributed by atoms with E-state index in [1.807, 2.05) is 12.1 Å². The molecule has 0 fully saturated rings. The van der Waals surface area contributed by atoms with E-state index < -0.39 is 0 Å². The molecule has 0 saturated heterocycles. The van der Waals surface area contributed by atoms with E-state index in [1.54, 1.807) is 0 Å². The fraction of sp³-hybridized carbons (Fsp3) is 0.0426. The highest BCUT2D eigenvalue weighted by Crippen LogP contribution is 2.41. The summed E-state index contributed by atoms with van der Waals surface area (Å²) in [5, 5.41) is 6.83. The fourth-order valence-corrected chi connectivity index (χ4v) is 7.48. The minimum Gasteiger partial charge on any atom is -0.456 e. The van der Waals surface area contributed by atoms with E-state index in [0.29, 0.717) is 17.5 Å². The summed E-state index contributed by atoms with van der Waals surface area (Å²) in [6.45, 7) is 0. The topological polar surface area (TPSA) is 51.8 Å². The molecule has 7 aromatic carbocycles. The molecule has 2 aromatic heterocycles. The number of aromatic nitrogens is 3. The normalized spacial score (nSPS) is 13.2. The average molecular weight is 654 g/mol. The highest BCUT2D eigenvalue weighted by molar-refractivity contribution is 6.15. The lowest BCUT2D eigenvalue weighted by atomic mass is 9.92. The first-order chi connectivity index (χ1) is 25.2. The smallest absolute Gasteiger partial charge is 0.164 e. The summed E-state index contributed by atoms with van der Waals surface area (Å²) in [6.07, 6.45) is 6.17. The number of fused-ring (bicyclic) bond motifs is 5. The molecular weight excluding hydrogens is 623 g/mol. The highest BCUT2D eigenvalue weighted by atomic mass is 16.3. The lowest BCUT2D eigenvalue weighted by Crippen LogP contribution is -2.05. The van der Waals surface area contributed by atoms with Gasteiger partial charge in [-0.15, -0.1) is 0 Å². The van der Waals surface area contributed by atoms with Crippen molar-refractivity contribution in [1.29, 1.82) is 0 Å². The quantitative estimate of drug-likeness (QED) is 0.185. The van der Waals surface area contributed by atoms with Crippen molar-refractivity contribution in [3.05, 3.63) is 175 Å². The van der Waals surface area contributed by atoms with Crippen molar-refractivity contribution in [1.82, 2.24) is 15.0 Å². The molecule has 1 aliphatic carbocycles. The van der Waals surface area contributed by atoms with Crippen LogP contribution in [0.15, 0.2) is 168 Å². The van der Waals surface area contributed by atoms with Gasteiger partial charge >= 0.3 is 0 Å². The minimum absolute atomic E-state index is 0.651. The third-order valence-corrected chi connectivity index (χ3v) is 10.0. The van der Waals surface area contributed by atoms with E-state index in [0.717, 1.165) is 78.8 Å². The molecule has 4 heteroatoms. The van der Waals surface area contributed by atoms with Gasteiger partial charge in [-0.25, -0.2) is 15.0 Å². The summed E-state index contributed by atoms with van der Waals surface area (Å²) in [5.41, 5.74) is 9.57. The number of furan rings is 1. The second-order valence-electron chi connectivity index (χ2n) is 13.1. The first-order valence-corrected chi connectivity index (χ1v) is 17.4. The van der Waals surface area contributed by atoms with Crippen LogP contribution in [0, 0.1) is 0 Å². The van der Waals surface area contributed by atoms with Gasteiger partial charge in [-0.2, -0.15) is 0 Å². The number of hydrogen-bond donors (Lipinski definition) is 0. The largest absolute Gasteiger partial charge is 0.456 e. The van der Waals surface area contributed by atoms with Crippen LogP contribution in [0.4, 0.5) is 0 Å². The summed E-state index contributed by atoms with van der Waals surface area (Å²) < 4.78 is 6.31. The van der Waals surface area contributed by atoms with E-state index in [1.165, 1.54) is 16.5 Å². The van der Waals surface area contributed by atoms with E-state index in [4.69, 9.17) is 19.4 Å². The van der Waals surface area contributed by atoms with Crippen LogP contribution in [0.2, 0.25) is 0 Å². The zero-order valence-electron chi connectivity index (χ0n) is 27.8. The van der Waals surface area contributed by atoms with Gasteiger partial charge in [0.25, 0.3) is 0 Å². The summed E-state index contributed by atoms with van der Waals surface area (Å²) in [7, 11) is 0. The Bertz CT molecular complexity index is 2860. The summed E-state index contributed by atoms with van der Waals surface area (Å²) in [6, 6.07) is 53.0. The molecule has 1 aliphatic rings. The van der Waals surface area contributed by atoms with Gasteiger partial charge in [0.15, 0.2) is 17.5 Å². The number of allylic oxidation sites excluding steroid dienone is 4. The number of benzene rings is 7. The van der Waals surface area contributed by atoms with Gasteiger partial charge in [0.05, 0.1) is 0 Å². The molecule has 0 amide bonds. The maximum Gasteiger partial charge on any atom is 0.164 e. The predicted molar refractivity (Wildman–Crippen MR) is 210 cm³/mol. The zero-order chi connectivity index (χ0) is 33.7. The zero-order valence-corrected chi connectivity index (χ0v) is 27.8. The Morgan fingerprint density at radius 3 is 1.88 bits per heavy atom. The van der Waals surface area contributed by atoms with Crippen molar-refractivity contribution >= 4 is 54.6 Å². The van der Waals surface area contributed by atoms with Gasteiger partial charge in [-0.1, -0.05) is 133 Å². The molecule has 2 heterocycles. The van der Waals surface area contributed by atoms with E-state index >= 15 is 0 Å². The lowest BCUT2D eigenvalue weighted by molar-refractivity contribution is 0.669. The molecule has 51 heavy (non-hydrogen) atoms. The Morgan fingerprint density at radius 2 is 1.04 bits per heavy atom.